The Kier molecular flexibility index (Phi) is 23.7. The molecule has 1 aliphatic carbocycles. The molecule has 0 aliphatic heterocycles. The van der Waals surface area contributed by atoms with Crippen molar-refractivity contribution in [2.24, 2.45) is 22.3 Å². The molecule has 4 aromatic carbocycles. The normalized spacial score (nSPS) is 13.0. The number of unbranched alkanes of at least 4 members (excludes halogenated alkanes) is 2. The second kappa shape index (κ2) is 30.0. The molecule has 0 spiro atoms. The van der Waals surface area contributed by atoms with Crippen LogP contribution in [0, 0.1) is 0 Å². The Labute approximate surface area is 436 Å². The summed E-state index contributed by atoms with van der Waals surface area (Å²) in [5.41, 5.74) is 20.6. The summed E-state index contributed by atoms with van der Waals surface area (Å²) in [5, 5.41) is 8.44. The molecule has 0 aromatic heterocycles. The second-order valence-corrected chi connectivity index (χ2v) is 20.5. The Morgan fingerprint density at radius 2 is 1.08 bits per heavy atom. The lowest BCUT2D eigenvalue weighted by Gasteiger charge is -2.36. The first-order chi connectivity index (χ1) is 35.6. The van der Waals surface area contributed by atoms with Crippen molar-refractivity contribution in [3.8, 4) is 0 Å². The molecule has 0 bridgehead atoms. The van der Waals surface area contributed by atoms with Crippen molar-refractivity contribution in [3.63, 3.8) is 0 Å². The molecule has 4 aromatic rings. The highest BCUT2D eigenvalue weighted by Gasteiger charge is 2.35. The number of nitrogens with zero attached hydrogens (tertiary/aromatic N) is 5. The van der Waals surface area contributed by atoms with Crippen molar-refractivity contribution in [1.29, 1.82) is 0 Å². The second-order valence-electron chi connectivity index (χ2n) is 18.9. The maximum absolute atomic E-state index is 15.2. The van der Waals surface area contributed by atoms with Crippen molar-refractivity contribution in [3.05, 3.63) is 138 Å². The highest BCUT2D eigenvalue weighted by atomic mass is 32.2. The number of hydrogen-bond donors (Lipinski definition) is 5. The largest absolute Gasteiger partial charge is 0.368 e. The zero-order valence-corrected chi connectivity index (χ0v) is 43.6. The fraction of sp³-hybridized carbons (Fsp3) is 0.455. The van der Waals surface area contributed by atoms with E-state index >= 15 is 4.79 Å². The first-order valence-corrected chi connectivity index (χ1v) is 27.2. The summed E-state index contributed by atoms with van der Waals surface area (Å²) < 4.78 is 23.5. The van der Waals surface area contributed by atoms with Gasteiger partial charge in [0.1, 0.15) is 13.1 Å². The van der Waals surface area contributed by atoms with Gasteiger partial charge in [-0.25, -0.2) is 13.6 Å². The fourth-order valence-corrected chi connectivity index (χ4v) is 9.80. The zero-order valence-electron chi connectivity index (χ0n) is 42.8. The number of primary amides is 1. The molecule has 9 N–H and O–H groups in total. The molecule has 18 nitrogen and oxygen atoms in total. The van der Waals surface area contributed by atoms with Crippen LogP contribution >= 0.6 is 0 Å². The number of sulfonamides is 1. The topological polar surface area (TPSA) is 269 Å². The van der Waals surface area contributed by atoms with Crippen LogP contribution in [0.3, 0.4) is 0 Å². The van der Waals surface area contributed by atoms with E-state index in [1.54, 1.807) is 17.0 Å². The number of primary sulfonamides is 1. The highest BCUT2D eigenvalue weighted by Crippen LogP contribution is 2.28. The molecule has 400 valence electrons. The molecule has 0 heterocycles. The molecule has 1 fully saturated rings. The Bertz CT molecular complexity index is 2480. The van der Waals surface area contributed by atoms with E-state index in [4.69, 9.17) is 22.3 Å². The van der Waals surface area contributed by atoms with E-state index in [0.717, 1.165) is 35.1 Å². The average molecular weight is 1040 g/mol. The minimum absolute atomic E-state index is 0.00269. The van der Waals surface area contributed by atoms with Crippen molar-refractivity contribution in [1.82, 2.24) is 29.8 Å². The van der Waals surface area contributed by atoms with Crippen molar-refractivity contribution in [2.45, 2.75) is 87.6 Å². The fourth-order valence-electron chi connectivity index (χ4n) is 9.29. The summed E-state index contributed by atoms with van der Waals surface area (Å²) >= 11 is 0. The zero-order chi connectivity index (χ0) is 53.5. The molecule has 1 saturated carbocycles. The molecule has 1 atom stereocenters. The number of carbonyl (C=O) groups is 6. The summed E-state index contributed by atoms with van der Waals surface area (Å²) in [7, 11) is -3.84. The van der Waals surface area contributed by atoms with Gasteiger partial charge in [0, 0.05) is 31.6 Å². The van der Waals surface area contributed by atoms with Crippen LogP contribution in [0.25, 0.3) is 0 Å². The molecule has 19 heteroatoms. The van der Waals surface area contributed by atoms with Crippen molar-refractivity contribution < 1.29 is 37.2 Å². The van der Waals surface area contributed by atoms with Crippen LogP contribution in [0.2, 0.25) is 0 Å². The molecular formula is C55H76N10O8S. The Morgan fingerprint density at radius 3 is 1.58 bits per heavy atom. The lowest BCUT2D eigenvalue weighted by Crippen LogP contribution is -2.54. The van der Waals surface area contributed by atoms with Gasteiger partial charge in [0.15, 0.2) is 0 Å². The van der Waals surface area contributed by atoms with Gasteiger partial charge in [-0.15, -0.1) is 0 Å². The van der Waals surface area contributed by atoms with E-state index in [1.165, 1.54) is 31.7 Å². The number of nitrogens with one attached hydrogen (secondary N) is 1. The number of hydrogen-bond acceptors (Lipinski definition) is 11. The molecule has 6 amide bonds. The van der Waals surface area contributed by atoms with E-state index in [9.17, 15) is 32.4 Å². The number of nitrogens with two attached hydrogens (primary N) is 4. The van der Waals surface area contributed by atoms with Crippen LogP contribution in [-0.4, -0.2) is 153 Å². The molecule has 1 aliphatic rings. The van der Waals surface area contributed by atoms with Gasteiger partial charge in [0.25, 0.3) is 0 Å². The van der Waals surface area contributed by atoms with Crippen LogP contribution in [0.4, 0.5) is 0 Å². The maximum Gasteiger partial charge on any atom is 0.242 e. The van der Waals surface area contributed by atoms with Gasteiger partial charge in [0.2, 0.25) is 45.5 Å². The Morgan fingerprint density at radius 1 is 0.595 bits per heavy atom. The standard InChI is InChI=1S/C55H76N10O8S/c1-42(44-17-5-2-6-18-44)64(51(67)35-60-32-29-43-25-27-48(28-26-43)74(59,72)73)41-55(71)65(47-23-11-12-24-47)40-54(70)63(36-49(45-19-7-3-8-20-45)46-21-9-4-10-22-46)39-53(69)62(34-16-14-31-57)38-52(68)61(37-50(58)66)33-15-13-30-56/h2-10,17-22,25-28,42,47,49,60H,11-16,23-24,29-41,56-57H2,1H3,(H2,58,66)(H2,59,72,73). The summed E-state index contributed by atoms with van der Waals surface area (Å²) in [6, 6.07) is 34.1. The summed E-state index contributed by atoms with van der Waals surface area (Å²) in [6.45, 7) is 1.55. The van der Waals surface area contributed by atoms with Gasteiger partial charge in [-0.1, -0.05) is 116 Å². The summed E-state index contributed by atoms with van der Waals surface area (Å²) in [5.74, 6) is -3.28. The number of carbonyl (C=O) groups excluding carboxylic acids is 6. The number of amides is 6. The Hall–Kier alpha value is -6.51. The third-order valence-corrected chi connectivity index (χ3v) is 14.4. The van der Waals surface area contributed by atoms with Crippen LogP contribution in [0.15, 0.2) is 120 Å². The van der Waals surface area contributed by atoms with Gasteiger partial charge in [-0.2, -0.15) is 0 Å². The molecule has 0 radical (unpaired) electrons. The summed E-state index contributed by atoms with van der Waals surface area (Å²) in [6.07, 6.45) is 5.69. The van der Waals surface area contributed by atoms with E-state index in [0.29, 0.717) is 64.6 Å². The molecule has 1 unspecified atom stereocenters. The van der Waals surface area contributed by atoms with Gasteiger partial charge < -0.3 is 47.0 Å². The highest BCUT2D eigenvalue weighted by molar-refractivity contribution is 7.89. The molecule has 0 saturated heterocycles. The third kappa shape index (κ3) is 18.5. The van der Waals surface area contributed by atoms with Crippen LogP contribution in [0.1, 0.15) is 92.5 Å². The first kappa shape index (κ1) is 58.4. The lowest BCUT2D eigenvalue weighted by molar-refractivity contribution is -0.149. The van der Waals surface area contributed by atoms with Crippen LogP contribution < -0.4 is 27.7 Å². The van der Waals surface area contributed by atoms with Gasteiger partial charge in [0.05, 0.1) is 37.1 Å². The van der Waals surface area contributed by atoms with E-state index in [-0.39, 0.29) is 75.1 Å². The van der Waals surface area contributed by atoms with Crippen LogP contribution in [0.5, 0.6) is 0 Å². The number of rotatable bonds is 31. The lowest BCUT2D eigenvalue weighted by atomic mass is 9.90. The SMILES string of the molecule is CC(c1ccccc1)N(CC(=O)N(CC(=O)N(CC(=O)N(CCCCN)CC(=O)N(CCCCN)CC(N)=O)CC(c1ccccc1)c1ccccc1)C1CCCC1)C(=O)CNCCc1ccc(S(N)(=O)=O)cc1. The molecule has 5 rings (SSSR count). The van der Waals surface area contributed by atoms with Crippen molar-refractivity contribution >= 4 is 45.5 Å². The average Bonchev–Trinajstić information content (AvgIpc) is 3.94. The van der Waals surface area contributed by atoms with Crippen molar-refractivity contribution in [2.75, 3.05) is 78.5 Å². The maximum atomic E-state index is 15.2. The van der Waals surface area contributed by atoms with Gasteiger partial charge in [-0.3, -0.25) is 28.8 Å². The minimum atomic E-state index is -3.84. The monoisotopic (exact) mass is 1040 g/mol. The Balaban J connectivity index is 1.44. The predicted octanol–water partition coefficient (Wildman–Crippen LogP) is 3.11. The quantitative estimate of drug-likeness (QED) is 0.0457. The summed E-state index contributed by atoms with van der Waals surface area (Å²) in [4.78, 5) is 92.5. The molecule has 74 heavy (non-hydrogen) atoms. The predicted molar refractivity (Wildman–Crippen MR) is 285 cm³/mol. The minimum Gasteiger partial charge on any atom is -0.368 e. The van der Waals surface area contributed by atoms with E-state index in [2.05, 4.69) is 5.32 Å². The smallest absolute Gasteiger partial charge is 0.242 e. The van der Waals surface area contributed by atoms with E-state index in [1.807, 2.05) is 97.9 Å². The third-order valence-electron chi connectivity index (χ3n) is 13.5. The van der Waals surface area contributed by atoms with Gasteiger partial charge in [-0.05, 0) is 106 Å². The number of benzene rings is 4. The van der Waals surface area contributed by atoms with Crippen LogP contribution in [-0.2, 0) is 45.2 Å². The van der Waals surface area contributed by atoms with E-state index < -0.39 is 52.1 Å². The first-order valence-electron chi connectivity index (χ1n) is 25.7. The van der Waals surface area contributed by atoms with Gasteiger partial charge >= 0.3 is 0 Å². The molecular weight excluding hydrogens is 961 g/mol.